The molecule has 0 spiro atoms. The average molecular weight is 400 g/mol. The molecule has 28 heavy (non-hydrogen) atoms. The Labute approximate surface area is 171 Å². The maximum Gasteiger partial charge on any atom is 0.142 e. The summed E-state index contributed by atoms with van der Waals surface area (Å²) >= 11 is 1.74. The lowest BCUT2D eigenvalue weighted by atomic mass is 10.1. The number of nitrogens with zero attached hydrogens (tertiary/aromatic N) is 3. The predicted octanol–water partition coefficient (Wildman–Crippen LogP) is 4.24. The van der Waals surface area contributed by atoms with E-state index < -0.39 is 0 Å². The van der Waals surface area contributed by atoms with Crippen LogP contribution in [0.15, 0.2) is 46.9 Å². The number of oxime groups is 1. The van der Waals surface area contributed by atoms with Crippen molar-refractivity contribution in [3.63, 3.8) is 0 Å². The summed E-state index contributed by atoms with van der Waals surface area (Å²) < 4.78 is 5.51. The normalized spacial score (nSPS) is 20.1. The molecule has 0 radical (unpaired) electrons. The summed E-state index contributed by atoms with van der Waals surface area (Å²) in [4.78, 5) is 11.9. The molecule has 150 valence electrons. The van der Waals surface area contributed by atoms with E-state index in [1.54, 1.807) is 18.4 Å². The van der Waals surface area contributed by atoms with Crippen LogP contribution in [0.3, 0.4) is 0 Å². The molecule has 2 aliphatic heterocycles. The molecule has 0 N–H and O–H groups in total. The Morgan fingerprint density at radius 2 is 1.96 bits per heavy atom. The van der Waals surface area contributed by atoms with Crippen LogP contribution in [-0.2, 0) is 4.84 Å². The van der Waals surface area contributed by atoms with Gasteiger partial charge in [0.25, 0.3) is 0 Å². The molecule has 1 saturated heterocycles. The minimum absolute atomic E-state index is 0.263. The first kappa shape index (κ1) is 19.3. The Kier molecular flexibility index (Phi) is 6.49. The molecular formula is C22H29N3O2S. The highest BCUT2D eigenvalue weighted by Crippen LogP contribution is 2.28. The number of para-hydroxylation sites is 2. The van der Waals surface area contributed by atoms with Crippen LogP contribution in [0, 0.1) is 0 Å². The van der Waals surface area contributed by atoms with Crippen LogP contribution in [0.2, 0.25) is 0 Å². The van der Waals surface area contributed by atoms with Gasteiger partial charge in [0, 0.05) is 32.6 Å². The third kappa shape index (κ3) is 4.67. The highest BCUT2D eigenvalue weighted by atomic mass is 32.1. The van der Waals surface area contributed by atoms with Crippen LogP contribution in [0.1, 0.15) is 30.6 Å². The maximum absolute atomic E-state index is 5.63. The average Bonchev–Trinajstić information content (AvgIpc) is 3.43. The van der Waals surface area contributed by atoms with Crippen LogP contribution in [0.4, 0.5) is 5.69 Å². The zero-order chi connectivity index (χ0) is 19.2. The van der Waals surface area contributed by atoms with E-state index in [1.807, 2.05) is 12.1 Å². The van der Waals surface area contributed by atoms with Crippen LogP contribution in [-0.4, -0.2) is 56.5 Å². The highest BCUT2D eigenvalue weighted by molar-refractivity contribution is 7.12. The molecule has 4 rings (SSSR count). The van der Waals surface area contributed by atoms with Crippen molar-refractivity contribution in [1.29, 1.82) is 0 Å². The summed E-state index contributed by atoms with van der Waals surface area (Å²) in [6.45, 7) is 5.52. The van der Waals surface area contributed by atoms with Gasteiger partial charge in [-0.1, -0.05) is 23.4 Å². The van der Waals surface area contributed by atoms with Crippen molar-refractivity contribution < 1.29 is 9.57 Å². The van der Waals surface area contributed by atoms with Crippen molar-refractivity contribution in [1.82, 2.24) is 4.90 Å². The van der Waals surface area contributed by atoms with Gasteiger partial charge in [-0.25, -0.2) is 0 Å². The van der Waals surface area contributed by atoms with E-state index in [0.29, 0.717) is 0 Å². The number of rotatable bonds is 8. The van der Waals surface area contributed by atoms with Crippen molar-refractivity contribution in [2.45, 2.75) is 31.8 Å². The van der Waals surface area contributed by atoms with Crippen LogP contribution in [0.25, 0.3) is 0 Å². The molecule has 1 aromatic carbocycles. The van der Waals surface area contributed by atoms with Gasteiger partial charge in [-0.3, -0.25) is 4.90 Å². The zero-order valence-electron chi connectivity index (χ0n) is 16.5. The molecule has 2 aliphatic rings. The Hall–Kier alpha value is -2.05. The van der Waals surface area contributed by atoms with Gasteiger partial charge in [-0.05, 0) is 49.4 Å². The Balaban J connectivity index is 1.13. The van der Waals surface area contributed by atoms with Crippen LogP contribution < -0.4 is 9.64 Å². The van der Waals surface area contributed by atoms with Gasteiger partial charge in [0.1, 0.15) is 17.6 Å². The zero-order valence-corrected chi connectivity index (χ0v) is 17.4. The second-order valence-corrected chi connectivity index (χ2v) is 8.39. The first-order chi connectivity index (χ1) is 13.8. The summed E-state index contributed by atoms with van der Waals surface area (Å²) in [5, 5.41) is 6.38. The van der Waals surface area contributed by atoms with Gasteiger partial charge in [-0.15, -0.1) is 11.3 Å². The molecule has 0 amide bonds. The van der Waals surface area contributed by atoms with Gasteiger partial charge in [0.05, 0.1) is 17.7 Å². The number of hydrogen-bond donors (Lipinski definition) is 0. The molecule has 0 aliphatic carbocycles. The molecule has 5 nitrogen and oxygen atoms in total. The van der Waals surface area contributed by atoms with Crippen molar-refractivity contribution >= 4 is 22.7 Å². The van der Waals surface area contributed by atoms with Gasteiger partial charge < -0.3 is 14.5 Å². The lowest BCUT2D eigenvalue weighted by Crippen LogP contribution is -2.46. The topological polar surface area (TPSA) is 37.3 Å². The molecular weight excluding hydrogens is 370 g/mol. The summed E-state index contributed by atoms with van der Waals surface area (Å²) in [7, 11) is 1.75. The number of methoxy groups -OCH3 is 1. The third-order valence-electron chi connectivity index (χ3n) is 5.59. The van der Waals surface area contributed by atoms with Gasteiger partial charge >= 0.3 is 0 Å². The summed E-state index contributed by atoms with van der Waals surface area (Å²) in [6, 6.07) is 12.5. The fourth-order valence-corrected chi connectivity index (χ4v) is 4.70. The second-order valence-electron chi connectivity index (χ2n) is 7.44. The van der Waals surface area contributed by atoms with E-state index in [-0.39, 0.29) is 6.10 Å². The van der Waals surface area contributed by atoms with Crippen molar-refractivity contribution in [3.05, 3.63) is 46.7 Å². The molecule has 1 unspecified atom stereocenters. The monoisotopic (exact) mass is 399 g/mol. The summed E-state index contributed by atoms with van der Waals surface area (Å²) in [5.74, 6) is 0.969. The van der Waals surface area contributed by atoms with E-state index in [2.05, 4.69) is 44.6 Å². The van der Waals surface area contributed by atoms with Crippen molar-refractivity contribution in [3.8, 4) is 5.75 Å². The summed E-state index contributed by atoms with van der Waals surface area (Å²) in [6.07, 6.45) is 4.74. The largest absolute Gasteiger partial charge is 0.495 e. The van der Waals surface area contributed by atoms with Gasteiger partial charge in [0.2, 0.25) is 0 Å². The van der Waals surface area contributed by atoms with Crippen molar-refractivity contribution in [2.75, 3.05) is 44.7 Å². The Morgan fingerprint density at radius 3 is 2.75 bits per heavy atom. The lowest BCUT2D eigenvalue weighted by Gasteiger charge is -2.36. The first-order valence-electron chi connectivity index (χ1n) is 10.2. The SMILES string of the molecule is COc1ccccc1N1CCN(CCCCC2CC(c3cccs3)=NO2)CC1. The molecule has 1 aromatic heterocycles. The molecule has 0 saturated carbocycles. The Bertz CT molecular complexity index is 770. The summed E-state index contributed by atoms with van der Waals surface area (Å²) in [5.41, 5.74) is 2.33. The number of benzene rings is 1. The van der Waals surface area contributed by atoms with Crippen molar-refractivity contribution in [2.24, 2.45) is 5.16 Å². The lowest BCUT2D eigenvalue weighted by molar-refractivity contribution is 0.0763. The standard InChI is InChI=1S/C22H29N3O2S/c1-26-21-9-3-2-8-20(21)25-14-12-24(13-15-25)11-5-4-7-18-17-19(23-27-18)22-10-6-16-28-22/h2-3,6,8-10,16,18H,4-5,7,11-15,17H2,1H3. The van der Waals surface area contributed by atoms with Crippen LogP contribution in [0.5, 0.6) is 5.75 Å². The number of thiophene rings is 1. The van der Waals surface area contributed by atoms with E-state index in [4.69, 9.17) is 9.57 Å². The molecule has 6 heteroatoms. The maximum atomic E-state index is 5.63. The third-order valence-corrected chi connectivity index (χ3v) is 6.51. The smallest absolute Gasteiger partial charge is 0.142 e. The van der Waals surface area contributed by atoms with E-state index in [0.717, 1.165) is 50.5 Å². The number of hydrogen-bond acceptors (Lipinski definition) is 6. The highest BCUT2D eigenvalue weighted by Gasteiger charge is 2.23. The number of unbranched alkanes of at least 4 members (excludes halogenated alkanes) is 1. The molecule has 3 heterocycles. The number of ether oxygens (including phenoxy) is 1. The quantitative estimate of drug-likeness (QED) is 0.622. The first-order valence-corrected chi connectivity index (χ1v) is 11.1. The van der Waals surface area contributed by atoms with E-state index in [1.165, 1.54) is 30.0 Å². The molecule has 1 atom stereocenters. The van der Waals surface area contributed by atoms with Gasteiger partial charge in [-0.2, -0.15) is 0 Å². The number of piperazine rings is 1. The number of anilines is 1. The molecule has 0 bridgehead atoms. The Morgan fingerprint density at radius 1 is 1.11 bits per heavy atom. The minimum atomic E-state index is 0.263. The minimum Gasteiger partial charge on any atom is -0.495 e. The van der Waals surface area contributed by atoms with Gasteiger partial charge in [0.15, 0.2) is 0 Å². The second kappa shape index (κ2) is 9.43. The fraction of sp³-hybridized carbons (Fsp3) is 0.500. The van der Waals surface area contributed by atoms with Crippen LogP contribution >= 0.6 is 11.3 Å². The molecule has 2 aromatic rings. The fourth-order valence-electron chi connectivity index (χ4n) is 3.98. The van der Waals surface area contributed by atoms with E-state index >= 15 is 0 Å². The molecule has 1 fully saturated rings. The van der Waals surface area contributed by atoms with E-state index in [9.17, 15) is 0 Å². The predicted molar refractivity (Wildman–Crippen MR) is 116 cm³/mol.